The Kier molecular flexibility index (Phi) is 6.13. The summed E-state index contributed by atoms with van der Waals surface area (Å²) in [6, 6.07) is 16.1. The number of alkyl halides is 2. The van der Waals surface area contributed by atoms with Gasteiger partial charge in [-0.15, -0.1) is 0 Å². The molecule has 1 heterocycles. The van der Waals surface area contributed by atoms with Crippen LogP contribution in [0, 0.1) is 12.3 Å². The third-order valence-corrected chi connectivity index (χ3v) is 3.93. The van der Waals surface area contributed by atoms with E-state index in [1.807, 2.05) is 19.1 Å². The Morgan fingerprint density at radius 2 is 1.97 bits per heavy atom. The lowest BCUT2D eigenvalue weighted by molar-refractivity contribution is -0.0510. The van der Waals surface area contributed by atoms with Crippen LogP contribution in [-0.2, 0) is 0 Å². The molecule has 0 aliphatic rings. The normalized spacial score (nSPS) is 11.4. The maximum atomic E-state index is 12.9. The maximum absolute atomic E-state index is 12.9. The number of aromatic nitrogens is 2. The first-order valence-electron chi connectivity index (χ1n) is 8.67. The zero-order valence-electron chi connectivity index (χ0n) is 15.5. The summed E-state index contributed by atoms with van der Waals surface area (Å²) in [5.41, 5.74) is 1.35. The topological polar surface area (TPSA) is 80.0 Å². The highest BCUT2D eigenvalue weighted by atomic mass is 19.3. The molecule has 29 heavy (non-hydrogen) atoms. The Morgan fingerprint density at radius 1 is 1.21 bits per heavy atom. The molecule has 8 heteroatoms. The fourth-order valence-electron chi connectivity index (χ4n) is 2.67. The number of anilines is 1. The van der Waals surface area contributed by atoms with E-state index in [-0.39, 0.29) is 11.4 Å². The molecular weight excluding hydrogens is 378 g/mol. The first kappa shape index (κ1) is 19.9. The number of benzene rings is 2. The highest BCUT2D eigenvalue weighted by Crippen LogP contribution is 2.19. The first-order chi connectivity index (χ1) is 14.0. The van der Waals surface area contributed by atoms with Crippen LogP contribution in [0.4, 0.5) is 14.5 Å². The van der Waals surface area contributed by atoms with Gasteiger partial charge in [-0.25, -0.2) is 4.68 Å². The van der Waals surface area contributed by atoms with Gasteiger partial charge in [-0.05, 0) is 42.8 Å². The molecule has 0 unspecified atom stereocenters. The van der Waals surface area contributed by atoms with Gasteiger partial charge in [0.15, 0.2) is 11.4 Å². The van der Waals surface area contributed by atoms with Crippen molar-refractivity contribution in [2.24, 2.45) is 0 Å². The molecule has 0 atom stereocenters. The van der Waals surface area contributed by atoms with E-state index < -0.39 is 17.8 Å². The second-order valence-corrected chi connectivity index (χ2v) is 6.07. The highest BCUT2D eigenvalue weighted by molar-refractivity contribution is 5.87. The molecule has 2 N–H and O–H groups in total. The van der Waals surface area contributed by atoms with Crippen LogP contribution in [0.25, 0.3) is 11.4 Å². The molecule has 0 aliphatic heterocycles. The van der Waals surface area contributed by atoms with Gasteiger partial charge in [-0.1, -0.05) is 30.3 Å². The molecule has 0 aliphatic carbocycles. The van der Waals surface area contributed by atoms with E-state index in [0.717, 1.165) is 18.0 Å². The van der Waals surface area contributed by atoms with E-state index >= 15 is 0 Å². The smallest absolute Gasteiger partial charge is 0.387 e. The van der Waals surface area contributed by atoms with E-state index in [1.165, 1.54) is 10.8 Å². The molecule has 0 saturated heterocycles. The molecule has 0 radical (unpaired) electrons. The van der Waals surface area contributed by atoms with Crippen LogP contribution in [0.1, 0.15) is 11.3 Å². The van der Waals surface area contributed by atoms with E-state index in [4.69, 9.17) is 5.41 Å². The molecule has 3 aromatic rings. The largest absolute Gasteiger partial charge is 0.429 e. The minimum Gasteiger partial charge on any atom is -0.429 e. The van der Waals surface area contributed by atoms with Crippen LogP contribution >= 0.6 is 0 Å². The number of aryl methyl sites for hydroxylation is 1. The number of rotatable bonds is 7. The average Bonchev–Trinajstić information content (AvgIpc) is 2.70. The number of ether oxygens (including phenoxy) is 1. The summed E-state index contributed by atoms with van der Waals surface area (Å²) in [6.07, 6.45) is 3.42. The van der Waals surface area contributed by atoms with Crippen molar-refractivity contribution in [2.75, 3.05) is 5.32 Å². The van der Waals surface area contributed by atoms with E-state index in [9.17, 15) is 13.6 Å². The molecule has 6 nitrogen and oxygen atoms in total. The summed E-state index contributed by atoms with van der Waals surface area (Å²) in [5, 5.41) is 14.7. The van der Waals surface area contributed by atoms with Gasteiger partial charge >= 0.3 is 6.61 Å². The maximum Gasteiger partial charge on any atom is 0.387 e. The number of halogens is 2. The number of hydrogen-bond donors (Lipinski definition) is 2. The lowest BCUT2D eigenvalue weighted by Crippen LogP contribution is -2.23. The summed E-state index contributed by atoms with van der Waals surface area (Å²) >= 11 is 0. The van der Waals surface area contributed by atoms with E-state index in [1.54, 1.807) is 42.5 Å². The summed E-state index contributed by atoms with van der Waals surface area (Å²) < 4.78 is 31.5. The molecule has 0 saturated carbocycles. The van der Waals surface area contributed by atoms with Gasteiger partial charge < -0.3 is 15.5 Å². The van der Waals surface area contributed by atoms with Crippen molar-refractivity contribution in [1.29, 1.82) is 5.41 Å². The summed E-state index contributed by atoms with van der Waals surface area (Å²) in [5.74, 6) is -0.544. The van der Waals surface area contributed by atoms with Crippen LogP contribution in [-0.4, -0.2) is 22.6 Å². The Morgan fingerprint density at radius 3 is 2.62 bits per heavy atom. The second kappa shape index (κ2) is 8.92. The Hall–Kier alpha value is -3.81. The van der Waals surface area contributed by atoms with Crippen LogP contribution < -0.4 is 15.5 Å². The third-order valence-electron chi connectivity index (χ3n) is 3.93. The van der Waals surface area contributed by atoms with Crippen molar-refractivity contribution in [3.63, 3.8) is 0 Å². The van der Waals surface area contributed by atoms with Crippen LogP contribution in [0.3, 0.4) is 0 Å². The summed E-state index contributed by atoms with van der Waals surface area (Å²) in [4.78, 5) is 12.8. The first-order valence-corrected chi connectivity index (χ1v) is 8.67. The van der Waals surface area contributed by atoms with Crippen molar-refractivity contribution in [1.82, 2.24) is 9.78 Å². The molecule has 1 aromatic heterocycles. The predicted octanol–water partition coefficient (Wildman–Crippen LogP) is 4.24. The van der Waals surface area contributed by atoms with Gasteiger partial charge in [0.1, 0.15) is 0 Å². The van der Waals surface area contributed by atoms with Crippen molar-refractivity contribution in [2.45, 2.75) is 13.5 Å². The summed E-state index contributed by atoms with van der Waals surface area (Å²) in [7, 11) is 0. The van der Waals surface area contributed by atoms with Crippen molar-refractivity contribution in [3.8, 4) is 11.4 Å². The molecule has 148 valence electrons. The minimum atomic E-state index is -3.17. The second-order valence-electron chi connectivity index (χ2n) is 6.07. The van der Waals surface area contributed by atoms with Gasteiger partial charge in [0.25, 0.3) is 5.43 Å². The number of nitrogens with zero attached hydrogens (tertiary/aromatic N) is 2. The number of para-hydroxylation sites is 1. The van der Waals surface area contributed by atoms with Crippen molar-refractivity contribution >= 4 is 17.6 Å². The molecule has 0 spiro atoms. The van der Waals surface area contributed by atoms with Gasteiger partial charge in [0.05, 0.1) is 17.6 Å². The average molecular weight is 396 g/mol. The molecule has 2 aromatic carbocycles. The van der Waals surface area contributed by atoms with Crippen molar-refractivity contribution < 1.29 is 13.5 Å². The van der Waals surface area contributed by atoms with Gasteiger partial charge in [0, 0.05) is 11.9 Å². The standard InChI is InChI=1S/C21H18F2N4O2/c1-14-6-5-9-16(12-14)27-13-18(29-21(22)23)20(28)19(26-27)17(10-11-24)25-15-7-3-2-4-8-15/h2-13,21,24-25H,1H3/b17-10-,24-11?. The van der Waals surface area contributed by atoms with E-state index in [0.29, 0.717) is 11.4 Å². The molecular formula is C21H18F2N4O2. The van der Waals surface area contributed by atoms with Crippen LogP contribution in [0.5, 0.6) is 5.75 Å². The van der Waals surface area contributed by atoms with Gasteiger partial charge in [-0.2, -0.15) is 13.9 Å². The van der Waals surface area contributed by atoms with Gasteiger partial charge in [-0.3, -0.25) is 4.79 Å². The van der Waals surface area contributed by atoms with Crippen molar-refractivity contribution in [3.05, 3.63) is 88.4 Å². The summed E-state index contributed by atoms with van der Waals surface area (Å²) in [6.45, 7) is -1.29. The highest BCUT2D eigenvalue weighted by Gasteiger charge is 2.18. The van der Waals surface area contributed by atoms with Crippen LogP contribution in [0.2, 0.25) is 0 Å². The zero-order chi connectivity index (χ0) is 20.8. The molecule has 3 rings (SSSR count). The van der Waals surface area contributed by atoms with Crippen LogP contribution in [0.15, 0.2) is 71.7 Å². The molecule has 0 fully saturated rings. The minimum absolute atomic E-state index is 0.156. The SMILES string of the molecule is Cc1cccc(-n2cc(OC(F)F)c(=O)c(/C(=C/C=N)Nc3ccccc3)n2)c1. The molecule has 0 amide bonds. The van der Waals surface area contributed by atoms with Gasteiger partial charge in [0.2, 0.25) is 0 Å². The Labute approximate surface area is 165 Å². The fourth-order valence-corrected chi connectivity index (χ4v) is 2.67. The van der Waals surface area contributed by atoms with E-state index in [2.05, 4.69) is 15.2 Å². The monoisotopic (exact) mass is 396 g/mol. The quantitative estimate of drug-likeness (QED) is 0.586. The number of allylic oxidation sites excluding steroid dienone is 1. The third kappa shape index (κ3) is 4.92. The number of hydrogen-bond acceptors (Lipinski definition) is 5. The lowest BCUT2D eigenvalue weighted by Gasteiger charge is -2.14. The predicted molar refractivity (Wildman–Crippen MR) is 108 cm³/mol. The Balaban J connectivity index is 2.17. The lowest BCUT2D eigenvalue weighted by atomic mass is 10.2. The molecule has 0 bridgehead atoms. The number of nitrogens with one attached hydrogen (secondary N) is 2. The zero-order valence-corrected chi connectivity index (χ0v) is 15.5. The Bertz CT molecular complexity index is 1100. The fraction of sp³-hybridized carbons (Fsp3) is 0.0952.